The Morgan fingerprint density at radius 3 is 2.48 bits per heavy atom. The molecule has 0 bridgehead atoms. The maximum atomic E-state index is 12.1. The number of hydrogen-bond donors (Lipinski definition) is 2. The quantitative estimate of drug-likeness (QED) is 0.631. The fourth-order valence-electron chi connectivity index (χ4n) is 2.01. The molecule has 0 aliphatic heterocycles. The molecule has 0 saturated carbocycles. The summed E-state index contributed by atoms with van der Waals surface area (Å²) in [6.07, 6.45) is 0. The highest BCUT2D eigenvalue weighted by atomic mass is 16.6. The monoisotopic (exact) mass is 315 g/mol. The van der Waals surface area contributed by atoms with Crippen LogP contribution in [-0.2, 0) is 4.79 Å². The maximum absolute atomic E-state index is 12.1. The molecular weight excluding hydrogens is 298 g/mol. The molecule has 0 radical (unpaired) electrons. The zero-order valence-electron chi connectivity index (χ0n) is 12.8. The number of amides is 1. The summed E-state index contributed by atoms with van der Waals surface area (Å²) in [4.78, 5) is 22.5. The van der Waals surface area contributed by atoms with E-state index in [4.69, 9.17) is 4.74 Å². The summed E-state index contributed by atoms with van der Waals surface area (Å²) in [5.74, 6) is -0.0795. The first-order chi connectivity index (χ1) is 11.0. The van der Waals surface area contributed by atoms with Crippen molar-refractivity contribution in [1.29, 1.82) is 0 Å². The van der Waals surface area contributed by atoms with Crippen LogP contribution < -0.4 is 15.4 Å². The van der Waals surface area contributed by atoms with Gasteiger partial charge in [-0.25, -0.2) is 0 Å². The summed E-state index contributed by atoms with van der Waals surface area (Å²) in [5.41, 5.74) is 1.13. The van der Waals surface area contributed by atoms with Crippen LogP contribution in [0, 0.1) is 10.1 Å². The molecule has 120 valence electrons. The molecule has 0 spiro atoms. The summed E-state index contributed by atoms with van der Waals surface area (Å²) in [7, 11) is 1.36. The van der Waals surface area contributed by atoms with Crippen LogP contribution in [0.2, 0.25) is 0 Å². The third-order valence-corrected chi connectivity index (χ3v) is 3.19. The van der Waals surface area contributed by atoms with Crippen molar-refractivity contribution < 1.29 is 14.5 Å². The molecule has 2 rings (SSSR count). The van der Waals surface area contributed by atoms with E-state index in [2.05, 4.69) is 10.6 Å². The largest absolute Gasteiger partial charge is 0.490 e. The highest BCUT2D eigenvalue weighted by Gasteiger charge is 2.17. The van der Waals surface area contributed by atoms with Crippen LogP contribution >= 0.6 is 0 Å². The van der Waals surface area contributed by atoms with Gasteiger partial charge in [-0.15, -0.1) is 0 Å². The molecule has 1 atom stereocenters. The van der Waals surface area contributed by atoms with Gasteiger partial charge < -0.3 is 15.4 Å². The van der Waals surface area contributed by atoms with Crippen molar-refractivity contribution in [3.8, 4) is 5.75 Å². The van der Waals surface area contributed by atoms with Crippen molar-refractivity contribution in [2.24, 2.45) is 0 Å². The fraction of sp³-hybridized carbons (Fsp3) is 0.188. The molecule has 7 heteroatoms. The van der Waals surface area contributed by atoms with Crippen molar-refractivity contribution in [2.45, 2.75) is 13.0 Å². The Kier molecular flexibility index (Phi) is 5.14. The number of nitro benzene ring substituents is 1. The topological polar surface area (TPSA) is 93.5 Å². The van der Waals surface area contributed by atoms with Gasteiger partial charge in [0.15, 0.2) is 5.75 Å². The Balaban J connectivity index is 2.06. The van der Waals surface area contributed by atoms with Crippen molar-refractivity contribution >= 4 is 23.0 Å². The van der Waals surface area contributed by atoms with Gasteiger partial charge in [-0.2, -0.15) is 0 Å². The molecular formula is C16H17N3O4. The molecule has 0 saturated heterocycles. The van der Waals surface area contributed by atoms with E-state index in [0.717, 1.165) is 0 Å². The number of carbonyl (C=O) groups is 1. The first kappa shape index (κ1) is 16.3. The van der Waals surface area contributed by atoms with E-state index in [-0.39, 0.29) is 17.3 Å². The molecule has 23 heavy (non-hydrogen) atoms. The van der Waals surface area contributed by atoms with E-state index in [1.165, 1.54) is 25.3 Å². The number of anilines is 2. The predicted molar refractivity (Wildman–Crippen MR) is 87.8 cm³/mol. The van der Waals surface area contributed by atoms with Gasteiger partial charge >= 0.3 is 5.69 Å². The van der Waals surface area contributed by atoms with Crippen molar-refractivity contribution in [1.82, 2.24) is 0 Å². The lowest BCUT2D eigenvalue weighted by Crippen LogP contribution is -2.31. The van der Waals surface area contributed by atoms with Gasteiger partial charge in [0.25, 0.3) is 0 Å². The van der Waals surface area contributed by atoms with Gasteiger partial charge in [0.2, 0.25) is 5.91 Å². The van der Waals surface area contributed by atoms with Crippen LogP contribution in [0.25, 0.3) is 0 Å². The van der Waals surface area contributed by atoms with Gasteiger partial charge in [-0.1, -0.05) is 18.2 Å². The van der Waals surface area contributed by atoms with Crippen LogP contribution in [0.15, 0.2) is 48.5 Å². The van der Waals surface area contributed by atoms with E-state index in [0.29, 0.717) is 11.4 Å². The first-order valence-electron chi connectivity index (χ1n) is 6.96. The van der Waals surface area contributed by atoms with Crippen LogP contribution in [-0.4, -0.2) is 24.0 Å². The van der Waals surface area contributed by atoms with Gasteiger partial charge in [0.05, 0.1) is 12.0 Å². The Hall–Kier alpha value is -3.09. The highest BCUT2D eigenvalue weighted by Crippen LogP contribution is 2.29. The third-order valence-electron chi connectivity index (χ3n) is 3.19. The maximum Gasteiger partial charge on any atom is 0.311 e. The SMILES string of the molecule is COc1cc(N[C@@H](C)C(=O)Nc2ccccc2)ccc1[N+](=O)[O-]. The van der Waals surface area contributed by atoms with Crippen molar-refractivity contribution in [2.75, 3.05) is 17.7 Å². The zero-order valence-corrected chi connectivity index (χ0v) is 12.8. The molecule has 0 aromatic heterocycles. The minimum atomic E-state index is -0.527. The van der Waals surface area contributed by atoms with Gasteiger partial charge in [-0.05, 0) is 25.1 Å². The smallest absolute Gasteiger partial charge is 0.311 e. The summed E-state index contributed by atoms with van der Waals surface area (Å²) in [6, 6.07) is 12.9. The molecule has 2 N–H and O–H groups in total. The number of benzene rings is 2. The summed E-state index contributed by atoms with van der Waals surface area (Å²) in [5, 5.41) is 16.6. The second-order valence-corrected chi connectivity index (χ2v) is 4.87. The second kappa shape index (κ2) is 7.26. The average molecular weight is 315 g/mol. The summed E-state index contributed by atoms with van der Waals surface area (Å²) in [6.45, 7) is 1.70. The molecule has 0 heterocycles. The molecule has 2 aromatic rings. The van der Waals surface area contributed by atoms with E-state index in [1.807, 2.05) is 18.2 Å². The number of hydrogen-bond acceptors (Lipinski definition) is 5. The Labute approximate surface area is 133 Å². The average Bonchev–Trinajstić information content (AvgIpc) is 2.55. The second-order valence-electron chi connectivity index (χ2n) is 4.87. The normalized spacial score (nSPS) is 11.4. The minimum absolute atomic E-state index is 0.126. The fourth-order valence-corrected chi connectivity index (χ4v) is 2.01. The molecule has 1 amide bonds. The van der Waals surface area contributed by atoms with E-state index in [9.17, 15) is 14.9 Å². The number of nitro groups is 1. The molecule has 7 nitrogen and oxygen atoms in total. The number of nitrogens with zero attached hydrogens (tertiary/aromatic N) is 1. The number of carbonyl (C=O) groups excluding carboxylic acids is 1. The summed E-state index contributed by atoms with van der Waals surface area (Å²) >= 11 is 0. The molecule has 0 unspecified atom stereocenters. The van der Waals surface area contributed by atoms with Crippen molar-refractivity contribution in [3.63, 3.8) is 0 Å². The molecule has 0 aliphatic rings. The molecule has 0 aliphatic carbocycles. The third kappa shape index (κ3) is 4.19. The minimum Gasteiger partial charge on any atom is -0.490 e. The standard InChI is InChI=1S/C16H17N3O4/c1-11(16(20)18-12-6-4-3-5-7-12)17-13-8-9-14(19(21)22)15(10-13)23-2/h3-11,17H,1-2H3,(H,18,20)/t11-/m0/s1. The number of rotatable bonds is 6. The number of para-hydroxylation sites is 1. The lowest BCUT2D eigenvalue weighted by atomic mass is 10.2. The predicted octanol–water partition coefficient (Wildman–Crippen LogP) is 3.04. The number of ether oxygens (including phenoxy) is 1. The van der Waals surface area contributed by atoms with Gasteiger partial charge in [0, 0.05) is 23.5 Å². The van der Waals surface area contributed by atoms with E-state index < -0.39 is 11.0 Å². The van der Waals surface area contributed by atoms with Crippen LogP contribution in [0.4, 0.5) is 17.1 Å². The number of nitrogens with one attached hydrogen (secondary N) is 2. The Morgan fingerprint density at radius 1 is 1.17 bits per heavy atom. The Morgan fingerprint density at radius 2 is 1.87 bits per heavy atom. The van der Waals surface area contributed by atoms with Crippen molar-refractivity contribution in [3.05, 3.63) is 58.6 Å². The lowest BCUT2D eigenvalue weighted by Gasteiger charge is -2.16. The first-order valence-corrected chi connectivity index (χ1v) is 6.96. The van der Waals surface area contributed by atoms with Crippen LogP contribution in [0.5, 0.6) is 5.75 Å². The van der Waals surface area contributed by atoms with E-state index >= 15 is 0 Å². The summed E-state index contributed by atoms with van der Waals surface area (Å²) < 4.78 is 5.00. The van der Waals surface area contributed by atoms with Gasteiger partial charge in [-0.3, -0.25) is 14.9 Å². The zero-order chi connectivity index (χ0) is 16.8. The number of methoxy groups -OCH3 is 1. The van der Waals surface area contributed by atoms with Crippen LogP contribution in [0.1, 0.15) is 6.92 Å². The van der Waals surface area contributed by atoms with Crippen LogP contribution in [0.3, 0.4) is 0 Å². The Bertz CT molecular complexity index is 704. The lowest BCUT2D eigenvalue weighted by molar-refractivity contribution is -0.385. The highest BCUT2D eigenvalue weighted by molar-refractivity contribution is 5.96. The van der Waals surface area contributed by atoms with Gasteiger partial charge in [0.1, 0.15) is 6.04 Å². The molecule has 2 aromatic carbocycles. The molecule has 0 fully saturated rings. The van der Waals surface area contributed by atoms with E-state index in [1.54, 1.807) is 19.1 Å².